The van der Waals surface area contributed by atoms with Crippen LogP contribution in [0.25, 0.3) is 0 Å². The van der Waals surface area contributed by atoms with Crippen LogP contribution in [0.4, 0.5) is 5.69 Å². The number of rotatable bonds is 5. The lowest BCUT2D eigenvalue weighted by atomic mass is 10.1. The van der Waals surface area contributed by atoms with Crippen LogP contribution in [-0.4, -0.2) is 35.9 Å². The summed E-state index contributed by atoms with van der Waals surface area (Å²) in [6.45, 7) is 1.87. The fourth-order valence-electron chi connectivity index (χ4n) is 2.39. The van der Waals surface area contributed by atoms with E-state index in [0.29, 0.717) is 28.5 Å². The van der Waals surface area contributed by atoms with Crippen LogP contribution in [0.1, 0.15) is 26.2 Å². The van der Waals surface area contributed by atoms with Gasteiger partial charge >= 0.3 is 0 Å². The van der Waals surface area contributed by atoms with Crippen LogP contribution in [0, 0.1) is 0 Å². The summed E-state index contributed by atoms with van der Waals surface area (Å²) in [4.78, 5) is 0.383. The number of hydrogen-bond acceptors (Lipinski definition) is 4. The van der Waals surface area contributed by atoms with Crippen LogP contribution in [0.15, 0.2) is 29.2 Å². The van der Waals surface area contributed by atoms with E-state index in [1.807, 2.05) is 19.1 Å². The van der Waals surface area contributed by atoms with Gasteiger partial charge in [0.1, 0.15) is 0 Å². The molecule has 4 nitrogen and oxygen atoms in total. The maximum atomic E-state index is 12.3. The molecule has 1 heterocycles. The minimum absolute atomic E-state index is 0.167. The third-order valence-electron chi connectivity index (χ3n) is 3.44. The molecule has 1 aromatic rings. The highest BCUT2D eigenvalue weighted by atomic mass is 32.2. The largest absolute Gasteiger partial charge is 0.381 e. The highest BCUT2D eigenvalue weighted by Gasteiger charge is 2.22. The Morgan fingerprint density at radius 3 is 2.55 bits per heavy atom. The first-order valence-corrected chi connectivity index (χ1v) is 10.1. The lowest BCUT2D eigenvalue weighted by Gasteiger charge is -2.24. The summed E-state index contributed by atoms with van der Waals surface area (Å²) in [5.74, 6) is 1.56. The van der Waals surface area contributed by atoms with Gasteiger partial charge in [-0.2, -0.15) is 0 Å². The van der Waals surface area contributed by atoms with Gasteiger partial charge in [0.2, 0.25) is 0 Å². The second kappa shape index (κ2) is 6.72. The zero-order chi connectivity index (χ0) is 14.6. The Bertz CT molecular complexity index is 574. The van der Waals surface area contributed by atoms with Crippen molar-refractivity contribution in [3.8, 4) is 0 Å². The maximum Gasteiger partial charge on any atom is 0.180 e. The molecule has 1 N–H and O–H groups in total. The van der Waals surface area contributed by atoms with E-state index in [0.717, 1.165) is 12.8 Å². The Morgan fingerprint density at radius 2 is 1.90 bits per heavy atom. The van der Waals surface area contributed by atoms with Gasteiger partial charge in [-0.15, -0.1) is 0 Å². The van der Waals surface area contributed by atoms with Crippen molar-refractivity contribution in [2.24, 2.45) is 0 Å². The van der Waals surface area contributed by atoms with Crippen LogP contribution in [0.5, 0.6) is 0 Å². The summed E-state index contributed by atoms with van der Waals surface area (Å²) in [7, 11) is -3.93. The molecule has 0 amide bonds. The summed E-state index contributed by atoms with van der Waals surface area (Å²) in [5.41, 5.74) is 0.679. The number of sulfone groups is 1. The van der Waals surface area contributed by atoms with Gasteiger partial charge in [0.05, 0.1) is 16.3 Å². The maximum absolute atomic E-state index is 12.3. The Hall–Kier alpha value is -0.880. The molecule has 1 aliphatic heterocycles. The molecule has 1 aliphatic rings. The van der Waals surface area contributed by atoms with Gasteiger partial charge in [-0.3, -0.25) is 4.21 Å². The highest BCUT2D eigenvalue weighted by Crippen LogP contribution is 2.25. The third kappa shape index (κ3) is 3.82. The summed E-state index contributed by atoms with van der Waals surface area (Å²) in [6, 6.07) is 7.28. The van der Waals surface area contributed by atoms with E-state index in [-0.39, 0.29) is 11.8 Å². The van der Waals surface area contributed by atoms with E-state index in [1.54, 1.807) is 12.1 Å². The molecule has 0 bridgehead atoms. The van der Waals surface area contributed by atoms with Crippen molar-refractivity contribution in [3.05, 3.63) is 24.3 Å². The third-order valence-corrected chi connectivity index (χ3v) is 6.80. The van der Waals surface area contributed by atoms with Crippen LogP contribution < -0.4 is 5.32 Å². The number of nitrogens with one attached hydrogen (secondary N) is 1. The summed E-state index contributed by atoms with van der Waals surface area (Å²) in [6.07, 6.45) is 2.27. The topological polar surface area (TPSA) is 63.2 Å². The quantitative estimate of drug-likeness (QED) is 0.905. The molecule has 0 saturated carbocycles. The normalized spacial score (nSPS) is 23.4. The van der Waals surface area contributed by atoms with E-state index in [2.05, 4.69) is 5.32 Å². The van der Waals surface area contributed by atoms with E-state index >= 15 is 0 Å². The van der Waals surface area contributed by atoms with Gasteiger partial charge in [-0.1, -0.05) is 19.1 Å². The van der Waals surface area contributed by atoms with Gasteiger partial charge < -0.3 is 5.32 Å². The molecule has 1 aromatic carbocycles. The van der Waals surface area contributed by atoms with Crippen molar-refractivity contribution >= 4 is 26.3 Å². The van der Waals surface area contributed by atoms with Gasteiger partial charge in [0.15, 0.2) is 9.84 Å². The van der Waals surface area contributed by atoms with Crippen LogP contribution >= 0.6 is 0 Å². The first kappa shape index (κ1) is 15.5. The average molecular weight is 315 g/mol. The standard InChI is InChI=1S/C14H21NO3S2/c1-2-11-20(17,18)14-6-4-3-5-13(14)15-12-7-9-19(16)10-8-12/h3-6,12,15H,2,7-11H2,1H3. The molecule has 1 saturated heterocycles. The molecule has 1 fully saturated rings. The Kier molecular flexibility index (Phi) is 5.21. The second-order valence-electron chi connectivity index (χ2n) is 5.08. The van der Waals surface area contributed by atoms with Gasteiger partial charge in [0, 0.05) is 28.3 Å². The predicted molar refractivity (Wildman–Crippen MR) is 83.3 cm³/mol. The fraction of sp³-hybridized carbons (Fsp3) is 0.571. The smallest absolute Gasteiger partial charge is 0.180 e. The first-order chi connectivity index (χ1) is 9.53. The Labute approximate surface area is 123 Å². The fourth-order valence-corrected chi connectivity index (χ4v) is 5.20. The molecule has 20 heavy (non-hydrogen) atoms. The summed E-state index contributed by atoms with van der Waals surface area (Å²) < 4.78 is 35.9. The average Bonchev–Trinajstić information content (AvgIpc) is 2.42. The van der Waals surface area contributed by atoms with E-state index < -0.39 is 20.6 Å². The summed E-state index contributed by atoms with van der Waals surface area (Å²) >= 11 is 0. The van der Waals surface area contributed by atoms with E-state index in [4.69, 9.17) is 0 Å². The SMILES string of the molecule is CCCS(=O)(=O)c1ccccc1NC1CCS(=O)CC1. The highest BCUT2D eigenvalue weighted by molar-refractivity contribution is 7.91. The van der Waals surface area contributed by atoms with Crippen molar-refractivity contribution in [1.29, 1.82) is 0 Å². The zero-order valence-electron chi connectivity index (χ0n) is 11.7. The monoisotopic (exact) mass is 315 g/mol. The van der Waals surface area contributed by atoms with Gasteiger partial charge in [-0.25, -0.2) is 8.42 Å². The van der Waals surface area contributed by atoms with Crippen molar-refractivity contribution in [1.82, 2.24) is 0 Å². The minimum atomic E-state index is -3.23. The van der Waals surface area contributed by atoms with Crippen molar-refractivity contribution in [2.45, 2.75) is 37.1 Å². The number of para-hydroxylation sites is 1. The van der Waals surface area contributed by atoms with E-state index in [1.165, 1.54) is 0 Å². The minimum Gasteiger partial charge on any atom is -0.381 e. The number of hydrogen-bond donors (Lipinski definition) is 1. The molecule has 0 unspecified atom stereocenters. The van der Waals surface area contributed by atoms with Crippen LogP contribution in [0.2, 0.25) is 0 Å². The zero-order valence-corrected chi connectivity index (χ0v) is 13.3. The Morgan fingerprint density at radius 1 is 1.25 bits per heavy atom. The van der Waals surface area contributed by atoms with Crippen molar-refractivity contribution < 1.29 is 12.6 Å². The molecule has 2 rings (SSSR count). The molecule has 0 radical (unpaired) electrons. The lowest BCUT2D eigenvalue weighted by molar-refractivity contribution is 0.593. The van der Waals surface area contributed by atoms with Gasteiger partial charge in [-0.05, 0) is 31.4 Å². The molecule has 6 heteroatoms. The molecular formula is C14H21NO3S2. The van der Waals surface area contributed by atoms with Crippen LogP contribution in [-0.2, 0) is 20.6 Å². The first-order valence-electron chi connectivity index (χ1n) is 6.96. The number of anilines is 1. The molecule has 112 valence electrons. The predicted octanol–water partition coefficient (Wildman–Crippen LogP) is 2.19. The molecule has 0 spiro atoms. The second-order valence-corrected chi connectivity index (χ2v) is 8.86. The summed E-state index contributed by atoms with van der Waals surface area (Å²) in [5, 5.41) is 3.32. The molecular weight excluding hydrogens is 294 g/mol. The van der Waals surface area contributed by atoms with Gasteiger partial charge in [0.25, 0.3) is 0 Å². The number of benzene rings is 1. The van der Waals surface area contributed by atoms with E-state index in [9.17, 15) is 12.6 Å². The lowest BCUT2D eigenvalue weighted by Crippen LogP contribution is -2.30. The molecule has 0 aromatic heterocycles. The Balaban J connectivity index is 2.18. The van der Waals surface area contributed by atoms with Crippen molar-refractivity contribution in [3.63, 3.8) is 0 Å². The van der Waals surface area contributed by atoms with Crippen LogP contribution in [0.3, 0.4) is 0 Å². The molecule has 0 atom stereocenters. The molecule has 0 aliphatic carbocycles. The van der Waals surface area contributed by atoms with Crippen molar-refractivity contribution in [2.75, 3.05) is 22.6 Å².